The van der Waals surface area contributed by atoms with Crippen LogP contribution in [0.15, 0.2) is 35.9 Å². The summed E-state index contributed by atoms with van der Waals surface area (Å²) in [7, 11) is 0. The molecule has 0 aromatic carbocycles. The molecule has 0 aliphatic rings. The molecule has 0 aliphatic carbocycles. The monoisotopic (exact) mass is 128 g/mol. The summed E-state index contributed by atoms with van der Waals surface area (Å²) in [6.07, 6.45) is 7.09. The maximum absolute atomic E-state index is 5.57. The molecule has 0 spiro atoms. The minimum absolute atomic E-state index is 0.741. The Morgan fingerprint density at radius 2 is 2.25 bits per heavy atom. The molecule has 0 rings (SSSR count). The van der Waals surface area contributed by atoms with Crippen molar-refractivity contribution >= 4 is 11.6 Å². The van der Waals surface area contributed by atoms with Crippen molar-refractivity contribution in [2.24, 2.45) is 0 Å². The van der Waals surface area contributed by atoms with Crippen LogP contribution < -0.4 is 0 Å². The van der Waals surface area contributed by atoms with Gasteiger partial charge in [-0.2, -0.15) is 0 Å². The minimum Gasteiger partial charge on any atom is -0.0991 e. The van der Waals surface area contributed by atoms with Crippen LogP contribution in [0.2, 0.25) is 0 Å². The average molecular weight is 129 g/mol. The first kappa shape index (κ1) is 7.51. The second-order valence-electron chi connectivity index (χ2n) is 1.27. The standard InChI is InChI=1S/C7H9Cl/c1-3-5-6-7(8)4-2/h3-6H,1H2,2H3. The third-order valence-electron chi connectivity index (χ3n) is 0.667. The number of rotatable bonds is 2. The normalized spacial score (nSPS) is 12.5. The Morgan fingerprint density at radius 1 is 1.62 bits per heavy atom. The van der Waals surface area contributed by atoms with E-state index in [4.69, 9.17) is 11.6 Å². The van der Waals surface area contributed by atoms with Crippen LogP contribution in [-0.2, 0) is 0 Å². The van der Waals surface area contributed by atoms with Gasteiger partial charge in [0, 0.05) is 5.03 Å². The Hall–Kier alpha value is -0.490. The summed E-state index contributed by atoms with van der Waals surface area (Å²) in [6, 6.07) is 0. The first-order chi connectivity index (χ1) is 3.81. The zero-order valence-corrected chi connectivity index (χ0v) is 5.65. The average Bonchev–Trinajstić information content (AvgIpc) is 1.83. The third kappa shape index (κ3) is 3.69. The van der Waals surface area contributed by atoms with E-state index < -0.39 is 0 Å². The zero-order chi connectivity index (χ0) is 6.41. The van der Waals surface area contributed by atoms with E-state index >= 15 is 0 Å². The maximum atomic E-state index is 5.57. The first-order valence-corrected chi connectivity index (χ1v) is 2.80. The predicted octanol–water partition coefficient (Wildman–Crippen LogP) is 2.87. The first-order valence-electron chi connectivity index (χ1n) is 2.42. The van der Waals surface area contributed by atoms with Gasteiger partial charge < -0.3 is 0 Å². The molecule has 0 atom stereocenters. The van der Waals surface area contributed by atoms with Crippen molar-refractivity contribution in [1.82, 2.24) is 0 Å². The van der Waals surface area contributed by atoms with E-state index in [1.54, 1.807) is 18.2 Å². The van der Waals surface area contributed by atoms with Gasteiger partial charge in [0.2, 0.25) is 0 Å². The highest BCUT2D eigenvalue weighted by Gasteiger charge is 1.74. The van der Waals surface area contributed by atoms with Crippen LogP contribution in [0.1, 0.15) is 6.92 Å². The zero-order valence-electron chi connectivity index (χ0n) is 4.89. The summed E-state index contributed by atoms with van der Waals surface area (Å²) >= 11 is 5.57. The molecule has 0 aromatic heterocycles. The molecule has 0 N–H and O–H groups in total. The van der Waals surface area contributed by atoms with Crippen LogP contribution in [0.4, 0.5) is 0 Å². The Kier molecular flexibility index (Phi) is 4.38. The second-order valence-corrected chi connectivity index (χ2v) is 1.70. The molecule has 0 radical (unpaired) electrons. The van der Waals surface area contributed by atoms with Crippen molar-refractivity contribution in [3.05, 3.63) is 35.9 Å². The van der Waals surface area contributed by atoms with Gasteiger partial charge in [0.15, 0.2) is 0 Å². The minimum atomic E-state index is 0.741. The smallest absolute Gasteiger partial charge is 0.0363 e. The Bertz CT molecular complexity index is 120. The SMILES string of the molecule is C=CC=CC(Cl)=CC. The van der Waals surface area contributed by atoms with E-state index in [-0.39, 0.29) is 0 Å². The van der Waals surface area contributed by atoms with E-state index in [9.17, 15) is 0 Å². The molecule has 1 heteroatoms. The van der Waals surface area contributed by atoms with Crippen LogP contribution in [0.3, 0.4) is 0 Å². The molecule has 0 saturated heterocycles. The lowest BCUT2D eigenvalue weighted by molar-refractivity contribution is 1.70. The van der Waals surface area contributed by atoms with Gasteiger partial charge in [-0.1, -0.05) is 36.4 Å². The van der Waals surface area contributed by atoms with Crippen molar-refractivity contribution in [3.63, 3.8) is 0 Å². The number of allylic oxidation sites excluding steroid dienone is 5. The molecule has 0 nitrogen and oxygen atoms in total. The topological polar surface area (TPSA) is 0 Å². The van der Waals surface area contributed by atoms with E-state index in [1.165, 1.54) is 0 Å². The van der Waals surface area contributed by atoms with Crippen molar-refractivity contribution in [2.45, 2.75) is 6.92 Å². The summed E-state index contributed by atoms with van der Waals surface area (Å²) in [5, 5.41) is 0.741. The van der Waals surface area contributed by atoms with E-state index in [0.29, 0.717) is 0 Å². The summed E-state index contributed by atoms with van der Waals surface area (Å²) < 4.78 is 0. The van der Waals surface area contributed by atoms with E-state index in [0.717, 1.165) is 5.03 Å². The van der Waals surface area contributed by atoms with Crippen LogP contribution >= 0.6 is 11.6 Å². The van der Waals surface area contributed by atoms with Crippen molar-refractivity contribution in [3.8, 4) is 0 Å². The van der Waals surface area contributed by atoms with Crippen molar-refractivity contribution < 1.29 is 0 Å². The summed E-state index contributed by atoms with van der Waals surface area (Å²) in [4.78, 5) is 0. The fourth-order valence-electron chi connectivity index (χ4n) is 0.256. The summed E-state index contributed by atoms with van der Waals surface area (Å²) in [5.74, 6) is 0. The van der Waals surface area contributed by atoms with Crippen LogP contribution in [0.5, 0.6) is 0 Å². The van der Waals surface area contributed by atoms with Crippen LogP contribution in [0.25, 0.3) is 0 Å². The molecular formula is C7H9Cl. The molecule has 0 fully saturated rings. The molecule has 0 aliphatic heterocycles. The Balaban J connectivity index is 3.69. The fourth-order valence-corrected chi connectivity index (χ4v) is 0.329. The fraction of sp³-hybridized carbons (Fsp3) is 0.143. The van der Waals surface area contributed by atoms with Crippen LogP contribution in [0, 0.1) is 0 Å². The predicted molar refractivity (Wildman–Crippen MR) is 38.9 cm³/mol. The molecular weight excluding hydrogens is 120 g/mol. The van der Waals surface area contributed by atoms with Crippen molar-refractivity contribution in [2.75, 3.05) is 0 Å². The van der Waals surface area contributed by atoms with Gasteiger partial charge >= 0.3 is 0 Å². The molecule has 0 bridgehead atoms. The highest BCUT2D eigenvalue weighted by atomic mass is 35.5. The highest BCUT2D eigenvalue weighted by Crippen LogP contribution is 2.00. The Morgan fingerprint density at radius 3 is 2.62 bits per heavy atom. The van der Waals surface area contributed by atoms with Gasteiger partial charge in [-0.3, -0.25) is 0 Å². The lowest BCUT2D eigenvalue weighted by atomic mass is 10.4. The van der Waals surface area contributed by atoms with Gasteiger partial charge in [-0.05, 0) is 13.0 Å². The maximum Gasteiger partial charge on any atom is 0.0363 e. The number of hydrogen-bond donors (Lipinski definition) is 0. The number of hydrogen-bond acceptors (Lipinski definition) is 0. The van der Waals surface area contributed by atoms with Gasteiger partial charge in [-0.15, -0.1) is 0 Å². The highest BCUT2D eigenvalue weighted by molar-refractivity contribution is 6.31. The van der Waals surface area contributed by atoms with Gasteiger partial charge in [-0.25, -0.2) is 0 Å². The third-order valence-corrected chi connectivity index (χ3v) is 1.01. The molecule has 0 aromatic rings. The van der Waals surface area contributed by atoms with Crippen molar-refractivity contribution in [1.29, 1.82) is 0 Å². The molecule has 0 unspecified atom stereocenters. The molecule has 0 amide bonds. The van der Waals surface area contributed by atoms with E-state index in [2.05, 4.69) is 6.58 Å². The lowest BCUT2D eigenvalue weighted by Gasteiger charge is -1.79. The molecule has 44 valence electrons. The van der Waals surface area contributed by atoms with E-state index in [1.807, 2.05) is 13.0 Å². The molecule has 0 saturated carbocycles. The van der Waals surface area contributed by atoms with Gasteiger partial charge in [0.1, 0.15) is 0 Å². The lowest BCUT2D eigenvalue weighted by Crippen LogP contribution is -1.56. The number of halogens is 1. The summed E-state index contributed by atoms with van der Waals surface area (Å²) in [6.45, 7) is 5.38. The second kappa shape index (κ2) is 4.66. The molecule has 8 heavy (non-hydrogen) atoms. The molecule has 0 heterocycles. The Labute approximate surface area is 55.2 Å². The van der Waals surface area contributed by atoms with Gasteiger partial charge in [0.25, 0.3) is 0 Å². The largest absolute Gasteiger partial charge is 0.0991 e. The quantitative estimate of drug-likeness (QED) is 0.502. The summed E-state index contributed by atoms with van der Waals surface area (Å²) in [5.41, 5.74) is 0. The van der Waals surface area contributed by atoms with Gasteiger partial charge in [0.05, 0.1) is 0 Å². The van der Waals surface area contributed by atoms with Crippen LogP contribution in [-0.4, -0.2) is 0 Å².